The van der Waals surface area contributed by atoms with E-state index in [9.17, 15) is 13.2 Å². The molecule has 6 nitrogen and oxygen atoms in total. The Hall–Kier alpha value is -1.44. The molecule has 1 unspecified atom stereocenters. The van der Waals surface area contributed by atoms with Crippen LogP contribution in [0.4, 0.5) is 0 Å². The molecule has 1 saturated heterocycles. The third-order valence-electron chi connectivity index (χ3n) is 4.19. The number of amides is 1. The van der Waals surface area contributed by atoms with E-state index in [1.165, 1.54) is 16.4 Å². The standard InChI is InChI=1S/C16H25N3O3S/c1-3-19(4-2)23(21,22)15-9-7-13(8-10-15)16(20)18-11-5-6-14(17)12-18/h7-10,14H,3-6,11-12,17H2,1-2H3. The molecular formula is C16H25N3O3S. The number of benzene rings is 1. The summed E-state index contributed by atoms with van der Waals surface area (Å²) in [4.78, 5) is 14.4. The van der Waals surface area contributed by atoms with Crippen molar-refractivity contribution in [1.82, 2.24) is 9.21 Å². The molecule has 0 spiro atoms. The van der Waals surface area contributed by atoms with Crippen LogP contribution in [-0.4, -0.2) is 55.8 Å². The summed E-state index contributed by atoms with van der Waals surface area (Å²) in [6.07, 6.45) is 1.84. The van der Waals surface area contributed by atoms with Crippen molar-refractivity contribution in [3.8, 4) is 0 Å². The van der Waals surface area contributed by atoms with Gasteiger partial charge in [-0.2, -0.15) is 4.31 Å². The molecule has 128 valence electrons. The summed E-state index contributed by atoms with van der Waals surface area (Å²) in [6.45, 7) is 5.71. The molecule has 0 bridgehead atoms. The molecule has 1 aliphatic heterocycles. The number of rotatable bonds is 5. The number of hydrogen-bond donors (Lipinski definition) is 1. The van der Waals surface area contributed by atoms with Crippen molar-refractivity contribution in [1.29, 1.82) is 0 Å². The molecule has 0 saturated carbocycles. The highest BCUT2D eigenvalue weighted by atomic mass is 32.2. The lowest BCUT2D eigenvalue weighted by atomic mass is 10.1. The van der Waals surface area contributed by atoms with Gasteiger partial charge in [0.15, 0.2) is 0 Å². The number of likely N-dealkylation sites (tertiary alicyclic amines) is 1. The highest BCUT2D eigenvalue weighted by Crippen LogP contribution is 2.18. The molecule has 23 heavy (non-hydrogen) atoms. The third-order valence-corrected chi connectivity index (χ3v) is 6.25. The van der Waals surface area contributed by atoms with E-state index in [1.54, 1.807) is 30.9 Å². The summed E-state index contributed by atoms with van der Waals surface area (Å²) in [6, 6.07) is 6.20. The van der Waals surface area contributed by atoms with Gasteiger partial charge in [0.05, 0.1) is 4.90 Å². The molecule has 1 aromatic carbocycles. The topological polar surface area (TPSA) is 83.7 Å². The SMILES string of the molecule is CCN(CC)S(=O)(=O)c1ccc(C(=O)N2CCCC(N)C2)cc1. The van der Waals surface area contributed by atoms with Gasteiger partial charge in [0, 0.05) is 37.8 Å². The number of sulfonamides is 1. The predicted molar refractivity (Wildman–Crippen MR) is 89.7 cm³/mol. The normalized spacial score (nSPS) is 19.1. The molecular weight excluding hydrogens is 314 g/mol. The lowest BCUT2D eigenvalue weighted by molar-refractivity contribution is 0.0708. The van der Waals surface area contributed by atoms with E-state index < -0.39 is 10.0 Å². The van der Waals surface area contributed by atoms with Crippen LogP contribution >= 0.6 is 0 Å². The monoisotopic (exact) mass is 339 g/mol. The van der Waals surface area contributed by atoms with Crippen molar-refractivity contribution in [2.75, 3.05) is 26.2 Å². The number of nitrogens with two attached hydrogens (primary N) is 1. The first kappa shape index (κ1) is 17.9. The van der Waals surface area contributed by atoms with E-state index in [-0.39, 0.29) is 16.8 Å². The molecule has 7 heteroatoms. The van der Waals surface area contributed by atoms with Gasteiger partial charge in [-0.05, 0) is 37.1 Å². The fourth-order valence-corrected chi connectivity index (χ4v) is 4.32. The van der Waals surface area contributed by atoms with Crippen LogP contribution in [0.5, 0.6) is 0 Å². The smallest absolute Gasteiger partial charge is 0.253 e. The maximum absolute atomic E-state index is 12.5. The van der Waals surface area contributed by atoms with Crippen molar-refractivity contribution >= 4 is 15.9 Å². The molecule has 1 fully saturated rings. The molecule has 1 amide bonds. The van der Waals surface area contributed by atoms with Crippen LogP contribution in [0.15, 0.2) is 29.2 Å². The zero-order chi connectivity index (χ0) is 17.0. The predicted octanol–water partition coefficient (Wildman–Crippen LogP) is 1.28. The maximum Gasteiger partial charge on any atom is 0.253 e. The minimum absolute atomic E-state index is 0.0232. The first-order valence-corrected chi connectivity index (χ1v) is 9.49. The Bertz CT molecular complexity index is 639. The number of nitrogens with zero attached hydrogens (tertiary/aromatic N) is 2. The van der Waals surface area contributed by atoms with Crippen molar-refractivity contribution in [3.05, 3.63) is 29.8 Å². The maximum atomic E-state index is 12.5. The fourth-order valence-electron chi connectivity index (χ4n) is 2.86. The lowest BCUT2D eigenvalue weighted by Gasteiger charge is -2.30. The Morgan fingerprint density at radius 1 is 1.26 bits per heavy atom. The molecule has 0 aromatic heterocycles. The average Bonchev–Trinajstić information content (AvgIpc) is 2.55. The Morgan fingerprint density at radius 2 is 1.87 bits per heavy atom. The van der Waals surface area contributed by atoms with Crippen molar-refractivity contribution in [2.45, 2.75) is 37.6 Å². The highest BCUT2D eigenvalue weighted by molar-refractivity contribution is 7.89. The number of carbonyl (C=O) groups excluding carboxylic acids is 1. The minimum atomic E-state index is -3.49. The van der Waals surface area contributed by atoms with Crippen LogP contribution in [0.2, 0.25) is 0 Å². The summed E-state index contributed by atoms with van der Waals surface area (Å²) in [7, 11) is -3.49. The van der Waals surface area contributed by atoms with E-state index >= 15 is 0 Å². The van der Waals surface area contributed by atoms with Gasteiger partial charge in [0.1, 0.15) is 0 Å². The summed E-state index contributed by atoms with van der Waals surface area (Å²) in [5.74, 6) is -0.0908. The van der Waals surface area contributed by atoms with Crippen LogP contribution in [0.25, 0.3) is 0 Å². The number of hydrogen-bond acceptors (Lipinski definition) is 4. The molecule has 1 heterocycles. The first-order valence-electron chi connectivity index (χ1n) is 8.05. The van der Waals surface area contributed by atoms with Gasteiger partial charge in [-0.15, -0.1) is 0 Å². The second kappa shape index (κ2) is 7.42. The highest BCUT2D eigenvalue weighted by Gasteiger charge is 2.24. The van der Waals surface area contributed by atoms with Gasteiger partial charge in [0.25, 0.3) is 5.91 Å². The van der Waals surface area contributed by atoms with Gasteiger partial charge in [-0.25, -0.2) is 8.42 Å². The molecule has 1 atom stereocenters. The Labute approximate surface area is 138 Å². The van der Waals surface area contributed by atoms with E-state index in [4.69, 9.17) is 5.73 Å². The quantitative estimate of drug-likeness (QED) is 0.876. The van der Waals surface area contributed by atoms with Crippen LogP contribution in [0.1, 0.15) is 37.0 Å². The zero-order valence-corrected chi connectivity index (χ0v) is 14.6. The number of carbonyl (C=O) groups is 1. The van der Waals surface area contributed by atoms with E-state index in [0.29, 0.717) is 31.7 Å². The second-order valence-corrected chi connectivity index (χ2v) is 7.71. The van der Waals surface area contributed by atoms with Gasteiger partial charge in [-0.1, -0.05) is 13.8 Å². The molecule has 2 rings (SSSR count). The third kappa shape index (κ3) is 3.91. The lowest BCUT2D eigenvalue weighted by Crippen LogP contribution is -2.45. The van der Waals surface area contributed by atoms with Gasteiger partial charge < -0.3 is 10.6 Å². The second-order valence-electron chi connectivity index (χ2n) is 5.77. The summed E-state index contributed by atoms with van der Waals surface area (Å²) in [5.41, 5.74) is 6.41. The summed E-state index contributed by atoms with van der Waals surface area (Å²) in [5, 5.41) is 0. The first-order chi connectivity index (χ1) is 10.9. The van der Waals surface area contributed by atoms with Gasteiger partial charge in [0.2, 0.25) is 10.0 Å². The summed E-state index contributed by atoms with van der Waals surface area (Å²) < 4.78 is 26.3. The van der Waals surface area contributed by atoms with Crippen LogP contribution in [0.3, 0.4) is 0 Å². The van der Waals surface area contributed by atoms with Crippen molar-refractivity contribution in [2.24, 2.45) is 5.73 Å². The summed E-state index contributed by atoms with van der Waals surface area (Å²) >= 11 is 0. The largest absolute Gasteiger partial charge is 0.337 e. The van der Waals surface area contributed by atoms with Gasteiger partial charge >= 0.3 is 0 Å². The molecule has 1 aliphatic rings. The van der Waals surface area contributed by atoms with Crippen LogP contribution < -0.4 is 5.73 Å². The fraction of sp³-hybridized carbons (Fsp3) is 0.562. The van der Waals surface area contributed by atoms with Gasteiger partial charge in [-0.3, -0.25) is 4.79 Å². The minimum Gasteiger partial charge on any atom is -0.337 e. The van der Waals surface area contributed by atoms with E-state index in [0.717, 1.165) is 12.8 Å². The molecule has 0 aliphatic carbocycles. The van der Waals surface area contributed by atoms with E-state index in [2.05, 4.69) is 0 Å². The molecule has 2 N–H and O–H groups in total. The molecule has 0 radical (unpaired) electrons. The average molecular weight is 339 g/mol. The Balaban J connectivity index is 2.17. The Morgan fingerprint density at radius 3 is 2.39 bits per heavy atom. The van der Waals surface area contributed by atoms with E-state index in [1.807, 2.05) is 0 Å². The van der Waals surface area contributed by atoms with Crippen molar-refractivity contribution < 1.29 is 13.2 Å². The number of piperidine rings is 1. The zero-order valence-electron chi connectivity index (χ0n) is 13.7. The van der Waals surface area contributed by atoms with Crippen LogP contribution in [0, 0.1) is 0 Å². The van der Waals surface area contributed by atoms with Crippen molar-refractivity contribution in [3.63, 3.8) is 0 Å². The van der Waals surface area contributed by atoms with Crippen LogP contribution in [-0.2, 0) is 10.0 Å². The molecule has 1 aromatic rings. The Kier molecular flexibility index (Phi) is 5.78.